The summed E-state index contributed by atoms with van der Waals surface area (Å²) < 4.78 is 0. The molecule has 0 spiro atoms. The third kappa shape index (κ3) is 2.65. The number of aromatic nitrogens is 2. The average molecular weight is 288 g/mol. The summed E-state index contributed by atoms with van der Waals surface area (Å²) in [6, 6.07) is 7.79. The third-order valence-corrected chi connectivity index (χ3v) is 4.15. The lowest BCUT2D eigenvalue weighted by atomic mass is 10.1. The summed E-state index contributed by atoms with van der Waals surface area (Å²) in [5.74, 6) is 0. The van der Waals surface area contributed by atoms with Gasteiger partial charge in [-0.3, -0.25) is 0 Å². The molecule has 2 heterocycles. The van der Waals surface area contributed by atoms with Crippen LogP contribution in [0.25, 0.3) is 0 Å². The Morgan fingerprint density at radius 2 is 2.20 bits per heavy atom. The van der Waals surface area contributed by atoms with Crippen LogP contribution in [-0.2, 0) is 13.0 Å². The SMILES string of the molecule is CSc1ccc(NC(=O)N2CCc3nc[nH]c3C2)cc1. The topological polar surface area (TPSA) is 61.0 Å². The molecule has 0 unspecified atom stereocenters. The predicted molar refractivity (Wildman–Crippen MR) is 79.9 cm³/mol. The molecule has 1 aromatic heterocycles. The molecular formula is C14H16N4OS. The highest BCUT2D eigenvalue weighted by atomic mass is 32.2. The van der Waals surface area contributed by atoms with Crippen LogP contribution in [0.3, 0.4) is 0 Å². The molecule has 0 atom stereocenters. The number of fused-ring (bicyclic) bond motifs is 1. The molecule has 1 aliphatic rings. The van der Waals surface area contributed by atoms with E-state index in [-0.39, 0.29) is 6.03 Å². The van der Waals surface area contributed by atoms with Gasteiger partial charge in [-0.25, -0.2) is 9.78 Å². The molecule has 1 aromatic carbocycles. The minimum atomic E-state index is -0.0675. The Morgan fingerprint density at radius 3 is 2.95 bits per heavy atom. The van der Waals surface area contributed by atoms with Gasteiger partial charge in [-0.15, -0.1) is 11.8 Å². The molecular weight excluding hydrogens is 272 g/mol. The lowest BCUT2D eigenvalue weighted by Crippen LogP contribution is -2.38. The molecule has 0 saturated carbocycles. The number of thioether (sulfide) groups is 1. The van der Waals surface area contributed by atoms with Crippen molar-refractivity contribution in [1.29, 1.82) is 0 Å². The Bertz CT molecular complexity index is 608. The monoisotopic (exact) mass is 288 g/mol. The van der Waals surface area contributed by atoms with Gasteiger partial charge in [0, 0.05) is 23.5 Å². The van der Waals surface area contributed by atoms with Crippen molar-refractivity contribution in [2.75, 3.05) is 18.1 Å². The van der Waals surface area contributed by atoms with Gasteiger partial charge >= 0.3 is 6.03 Å². The van der Waals surface area contributed by atoms with Crippen LogP contribution in [0.1, 0.15) is 11.4 Å². The van der Waals surface area contributed by atoms with Gasteiger partial charge in [-0.2, -0.15) is 0 Å². The minimum absolute atomic E-state index is 0.0675. The summed E-state index contributed by atoms with van der Waals surface area (Å²) in [6.07, 6.45) is 4.52. The fourth-order valence-corrected chi connectivity index (χ4v) is 2.67. The lowest BCUT2D eigenvalue weighted by molar-refractivity contribution is 0.205. The van der Waals surface area contributed by atoms with Gasteiger partial charge in [0.2, 0.25) is 0 Å². The van der Waals surface area contributed by atoms with E-state index in [9.17, 15) is 4.79 Å². The summed E-state index contributed by atoms with van der Waals surface area (Å²) >= 11 is 1.68. The minimum Gasteiger partial charge on any atom is -0.347 e. The largest absolute Gasteiger partial charge is 0.347 e. The number of nitrogens with one attached hydrogen (secondary N) is 2. The van der Waals surface area contributed by atoms with Crippen molar-refractivity contribution in [3.8, 4) is 0 Å². The zero-order chi connectivity index (χ0) is 13.9. The van der Waals surface area contributed by atoms with E-state index in [1.54, 1.807) is 23.0 Å². The van der Waals surface area contributed by atoms with Crippen LogP contribution in [0.4, 0.5) is 10.5 Å². The quantitative estimate of drug-likeness (QED) is 0.835. The van der Waals surface area contributed by atoms with E-state index in [2.05, 4.69) is 15.3 Å². The highest BCUT2D eigenvalue weighted by Gasteiger charge is 2.22. The zero-order valence-corrected chi connectivity index (χ0v) is 12.0. The van der Waals surface area contributed by atoms with E-state index in [0.29, 0.717) is 13.1 Å². The molecule has 104 valence electrons. The van der Waals surface area contributed by atoms with Gasteiger partial charge in [0.15, 0.2) is 0 Å². The van der Waals surface area contributed by atoms with E-state index < -0.39 is 0 Å². The van der Waals surface area contributed by atoms with Crippen molar-refractivity contribution in [3.05, 3.63) is 42.0 Å². The van der Waals surface area contributed by atoms with Crippen molar-refractivity contribution in [2.45, 2.75) is 17.9 Å². The second-order valence-electron chi connectivity index (χ2n) is 4.66. The van der Waals surface area contributed by atoms with Crippen LogP contribution in [0.2, 0.25) is 0 Å². The van der Waals surface area contributed by atoms with Crippen LogP contribution >= 0.6 is 11.8 Å². The van der Waals surface area contributed by atoms with E-state index in [1.165, 1.54) is 4.90 Å². The Hall–Kier alpha value is -1.95. The highest BCUT2D eigenvalue weighted by Crippen LogP contribution is 2.19. The second kappa shape index (κ2) is 5.58. The molecule has 2 N–H and O–H groups in total. The number of benzene rings is 1. The molecule has 20 heavy (non-hydrogen) atoms. The summed E-state index contributed by atoms with van der Waals surface area (Å²) in [5.41, 5.74) is 2.92. The molecule has 2 amide bonds. The van der Waals surface area contributed by atoms with Crippen LogP contribution in [0, 0.1) is 0 Å². The van der Waals surface area contributed by atoms with Crippen molar-refractivity contribution in [2.24, 2.45) is 0 Å². The maximum atomic E-state index is 12.2. The summed E-state index contributed by atoms with van der Waals surface area (Å²) in [4.78, 5) is 22.5. The van der Waals surface area contributed by atoms with Crippen LogP contribution < -0.4 is 5.32 Å². The first-order valence-electron chi connectivity index (χ1n) is 6.47. The van der Waals surface area contributed by atoms with Crippen molar-refractivity contribution in [1.82, 2.24) is 14.9 Å². The van der Waals surface area contributed by atoms with Gasteiger partial charge in [0.05, 0.1) is 24.3 Å². The molecule has 6 heteroatoms. The van der Waals surface area contributed by atoms with E-state index in [1.807, 2.05) is 30.5 Å². The normalized spacial score (nSPS) is 13.9. The van der Waals surface area contributed by atoms with Crippen LogP contribution in [-0.4, -0.2) is 33.7 Å². The van der Waals surface area contributed by atoms with Gasteiger partial charge < -0.3 is 15.2 Å². The fourth-order valence-electron chi connectivity index (χ4n) is 2.26. The molecule has 0 fully saturated rings. The number of hydrogen-bond acceptors (Lipinski definition) is 3. The average Bonchev–Trinajstić information content (AvgIpc) is 2.95. The van der Waals surface area contributed by atoms with Crippen LogP contribution in [0.15, 0.2) is 35.5 Å². The Balaban J connectivity index is 1.65. The number of H-pyrrole nitrogens is 1. The van der Waals surface area contributed by atoms with Gasteiger partial charge in [0.25, 0.3) is 0 Å². The van der Waals surface area contributed by atoms with E-state index in [4.69, 9.17) is 0 Å². The number of anilines is 1. The first-order valence-corrected chi connectivity index (χ1v) is 7.70. The molecule has 0 aliphatic carbocycles. The molecule has 2 aromatic rings. The summed E-state index contributed by atoms with van der Waals surface area (Å²) in [5, 5.41) is 2.93. The number of imidazole rings is 1. The second-order valence-corrected chi connectivity index (χ2v) is 5.54. The smallest absolute Gasteiger partial charge is 0.322 e. The maximum Gasteiger partial charge on any atom is 0.322 e. The van der Waals surface area contributed by atoms with Crippen molar-refractivity contribution >= 4 is 23.5 Å². The maximum absolute atomic E-state index is 12.2. The van der Waals surface area contributed by atoms with Gasteiger partial charge in [-0.05, 0) is 30.5 Å². The Kier molecular flexibility index (Phi) is 3.64. The predicted octanol–water partition coefficient (Wildman–Crippen LogP) is 2.72. The van der Waals surface area contributed by atoms with Gasteiger partial charge in [-0.1, -0.05) is 0 Å². The number of carbonyl (C=O) groups excluding carboxylic acids is 1. The van der Waals surface area contributed by atoms with E-state index in [0.717, 1.165) is 23.5 Å². The molecule has 5 nitrogen and oxygen atoms in total. The number of amides is 2. The number of aromatic amines is 1. The Labute approximate surface area is 121 Å². The zero-order valence-electron chi connectivity index (χ0n) is 11.2. The highest BCUT2D eigenvalue weighted by molar-refractivity contribution is 7.98. The van der Waals surface area contributed by atoms with Crippen molar-refractivity contribution < 1.29 is 4.79 Å². The molecule has 0 bridgehead atoms. The lowest BCUT2D eigenvalue weighted by Gasteiger charge is -2.26. The van der Waals surface area contributed by atoms with E-state index >= 15 is 0 Å². The number of carbonyl (C=O) groups is 1. The number of hydrogen-bond donors (Lipinski definition) is 2. The number of nitrogens with zero attached hydrogens (tertiary/aromatic N) is 2. The van der Waals surface area contributed by atoms with Crippen molar-refractivity contribution in [3.63, 3.8) is 0 Å². The molecule has 3 rings (SSSR count). The summed E-state index contributed by atoms with van der Waals surface area (Å²) in [6.45, 7) is 1.29. The third-order valence-electron chi connectivity index (χ3n) is 3.40. The fraction of sp³-hybridized carbons (Fsp3) is 0.286. The molecule has 0 saturated heterocycles. The standard InChI is InChI=1S/C14H16N4OS/c1-20-11-4-2-10(3-5-11)17-14(19)18-7-6-12-13(8-18)16-9-15-12/h2-5,9H,6-8H2,1H3,(H,15,16)(H,17,19). The number of urea groups is 1. The Morgan fingerprint density at radius 1 is 1.40 bits per heavy atom. The molecule has 1 aliphatic heterocycles. The summed E-state index contributed by atoms with van der Waals surface area (Å²) in [7, 11) is 0. The first kappa shape index (κ1) is 13.1. The molecule has 0 radical (unpaired) electrons. The first-order chi connectivity index (χ1) is 9.76. The van der Waals surface area contributed by atoms with Gasteiger partial charge in [0.1, 0.15) is 0 Å². The number of rotatable bonds is 2. The van der Waals surface area contributed by atoms with Crippen LogP contribution in [0.5, 0.6) is 0 Å².